The van der Waals surface area contributed by atoms with Gasteiger partial charge >= 0.3 is 0 Å². The van der Waals surface area contributed by atoms with Gasteiger partial charge in [0.15, 0.2) is 0 Å². The van der Waals surface area contributed by atoms with E-state index in [9.17, 15) is 4.39 Å². The van der Waals surface area contributed by atoms with Crippen molar-refractivity contribution in [2.75, 3.05) is 6.54 Å². The van der Waals surface area contributed by atoms with Gasteiger partial charge in [-0.1, -0.05) is 36.2 Å². The molecule has 1 N–H and O–H groups in total. The number of allylic oxidation sites excluding steroid dienone is 1. The SMILES string of the molecule is CCCNC(CC1=CCCCC1)c1ccc(Br)c(Cl)c1F. The maximum atomic E-state index is 14.5. The number of halogens is 3. The van der Waals surface area contributed by atoms with Crippen LogP contribution in [-0.2, 0) is 0 Å². The molecule has 0 radical (unpaired) electrons. The molecule has 1 aromatic carbocycles. The highest BCUT2D eigenvalue weighted by molar-refractivity contribution is 9.10. The molecular formula is C17H22BrClFN. The Balaban J connectivity index is 2.22. The number of hydrogen-bond acceptors (Lipinski definition) is 1. The molecule has 0 spiro atoms. The summed E-state index contributed by atoms with van der Waals surface area (Å²) in [6.45, 7) is 3.00. The molecular weight excluding hydrogens is 353 g/mol. The van der Waals surface area contributed by atoms with E-state index < -0.39 is 0 Å². The molecule has 0 bridgehead atoms. The summed E-state index contributed by atoms with van der Waals surface area (Å²) < 4.78 is 15.1. The van der Waals surface area contributed by atoms with E-state index in [0.717, 1.165) is 32.2 Å². The van der Waals surface area contributed by atoms with Crippen LogP contribution in [0, 0.1) is 5.82 Å². The molecule has 0 amide bonds. The molecule has 116 valence electrons. The minimum Gasteiger partial charge on any atom is -0.310 e. The summed E-state index contributed by atoms with van der Waals surface area (Å²) in [5, 5.41) is 3.64. The summed E-state index contributed by atoms with van der Waals surface area (Å²) in [6.07, 6.45) is 9.03. The minimum absolute atomic E-state index is 0.0000926. The molecule has 0 saturated carbocycles. The van der Waals surface area contributed by atoms with E-state index in [4.69, 9.17) is 11.6 Å². The molecule has 1 nitrogen and oxygen atoms in total. The number of hydrogen-bond donors (Lipinski definition) is 1. The summed E-state index contributed by atoms with van der Waals surface area (Å²) in [7, 11) is 0. The summed E-state index contributed by atoms with van der Waals surface area (Å²) in [5.41, 5.74) is 2.11. The highest BCUT2D eigenvalue weighted by atomic mass is 79.9. The Morgan fingerprint density at radius 2 is 2.19 bits per heavy atom. The van der Waals surface area contributed by atoms with Crippen molar-refractivity contribution < 1.29 is 4.39 Å². The van der Waals surface area contributed by atoms with Gasteiger partial charge in [0, 0.05) is 16.1 Å². The van der Waals surface area contributed by atoms with Crippen LogP contribution in [0.3, 0.4) is 0 Å². The number of rotatable bonds is 6. The highest BCUT2D eigenvalue weighted by Crippen LogP contribution is 2.34. The largest absolute Gasteiger partial charge is 0.310 e. The van der Waals surface area contributed by atoms with E-state index in [2.05, 4.69) is 34.2 Å². The van der Waals surface area contributed by atoms with Crippen LogP contribution < -0.4 is 5.32 Å². The maximum absolute atomic E-state index is 14.5. The van der Waals surface area contributed by atoms with Gasteiger partial charge in [0.05, 0.1) is 5.02 Å². The fourth-order valence-corrected chi connectivity index (χ4v) is 3.25. The molecule has 1 aromatic rings. The van der Waals surface area contributed by atoms with Crippen molar-refractivity contribution in [2.45, 2.75) is 51.5 Å². The number of nitrogens with one attached hydrogen (secondary N) is 1. The Kier molecular flexibility index (Phi) is 6.72. The zero-order valence-corrected chi connectivity index (χ0v) is 14.7. The van der Waals surface area contributed by atoms with E-state index in [0.29, 0.717) is 10.0 Å². The lowest BCUT2D eigenvalue weighted by atomic mass is 9.91. The zero-order chi connectivity index (χ0) is 15.2. The maximum Gasteiger partial charge on any atom is 0.147 e. The Hall–Kier alpha value is -0.380. The van der Waals surface area contributed by atoms with Crippen molar-refractivity contribution in [3.05, 3.63) is 44.7 Å². The van der Waals surface area contributed by atoms with E-state index in [1.165, 1.54) is 18.4 Å². The van der Waals surface area contributed by atoms with Gasteiger partial charge in [0.2, 0.25) is 0 Å². The van der Waals surface area contributed by atoms with Crippen molar-refractivity contribution >= 4 is 27.5 Å². The smallest absolute Gasteiger partial charge is 0.147 e. The highest BCUT2D eigenvalue weighted by Gasteiger charge is 2.20. The van der Waals surface area contributed by atoms with Crippen LogP contribution in [0.2, 0.25) is 5.02 Å². The van der Waals surface area contributed by atoms with Crippen molar-refractivity contribution in [1.82, 2.24) is 5.32 Å². The molecule has 21 heavy (non-hydrogen) atoms. The zero-order valence-electron chi connectivity index (χ0n) is 12.4. The number of benzene rings is 1. The third-order valence-electron chi connectivity index (χ3n) is 3.93. The van der Waals surface area contributed by atoms with Gasteiger partial charge in [-0.3, -0.25) is 0 Å². The standard InChI is InChI=1S/C17H22BrClFN/c1-2-10-21-15(11-12-6-4-3-5-7-12)13-8-9-14(18)16(19)17(13)20/h6,8-9,15,21H,2-5,7,10-11H2,1H3. The normalized spacial score (nSPS) is 16.7. The predicted molar refractivity (Wildman–Crippen MR) is 91.3 cm³/mol. The Bertz CT molecular complexity index is 516. The first-order valence-electron chi connectivity index (χ1n) is 7.68. The van der Waals surface area contributed by atoms with Crippen LogP contribution in [0.15, 0.2) is 28.3 Å². The quantitative estimate of drug-likeness (QED) is 0.463. The summed E-state index contributed by atoms with van der Waals surface area (Å²) in [5.74, 6) is -0.309. The van der Waals surface area contributed by atoms with Gasteiger partial charge in [-0.15, -0.1) is 0 Å². The Labute approximate surface area is 140 Å². The molecule has 1 unspecified atom stereocenters. The molecule has 0 saturated heterocycles. The van der Waals surface area contributed by atoms with Crippen LogP contribution in [-0.4, -0.2) is 6.54 Å². The van der Waals surface area contributed by atoms with Crippen LogP contribution in [0.4, 0.5) is 4.39 Å². The average Bonchev–Trinajstić information content (AvgIpc) is 2.51. The molecule has 1 aliphatic carbocycles. The van der Waals surface area contributed by atoms with Crippen LogP contribution >= 0.6 is 27.5 Å². The first kappa shape index (κ1) is 17.0. The Morgan fingerprint density at radius 3 is 2.86 bits per heavy atom. The Morgan fingerprint density at radius 1 is 1.38 bits per heavy atom. The van der Waals surface area contributed by atoms with Gasteiger partial charge in [-0.25, -0.2) is 4.39 Å². The molecule has 1 aliphatic rings. The molecule has 0 aromatic heterocycles. The lowest BCUT2D eigenvalue weighted by molar-refractivity contribution is 0.485. The second kappa shape index (κ2) is 8.30. The fourth-order valence-electron chi connectivity index (χ4n) is 2.77. The van der Waals surface area contributed by atoms with Crippen molar-refractivity contribution in [2.24, 2.45) is 0 Å². The van der Waals surface area contributed by atoms with E-state index in [1.54, 1.807) is 0 Å². The molecule has 2 rings (SSSR count). The van der Waals surface area contributed by atoms with Gasteiger partial charge < -0.3 is 5.32 Å². The molecule has 0 heterocycles. The first-order valence-corrected chi connectivity index (χ1v) is 8.85. The molecule has 0 fully saturated rings. The van der Waals surface area contributed by atoms with E-state index in [1.807, 2.05) is 12.1 Å². The van der Waals surface area contributed by atoms with Crippen molar-refractivity contribution in [1.29, 1.82) is 0 Å². The van der Waals surface area contributed by atoms with Crippen molar-refractivity contribution in [3.63, 3.8) is 0 Å². The third-order valence-corrected chi connectivity index (χ3v) is 5.19. The average molecular weight is 375 g/mol. The predicted octanol–water partition coefficient (Wildman–Crippen LogP) is 6.17. The second-order valence-electron chi connectivity index (χ2n) is 5.58. The summed E-state index contributed by atoms with van der Waals surface area (Å²) in [4.78, 5) is 0. The molecule has 0 aliphatic heterocycles. The lowest BCUT2D eigenvalue weighted by Crippen LogP contribution is -2.24. The van der Waals surface area contributed by atoms with Crippen LogP contribution in [0.1, 0.15) is 57.1 Å². The van der Waals surface area contributed by atoms with E-state index in [-0.39, 0.29) is 16.9 Å². The van der Waals surface area contributed by atoms with Gasteiger partial charge in [-0.05, 0) is 67.1 Å². The topological polar surface area (TPSA) is 12.0 Å². The summed E-state index contributed by atoms with van der Waals surface area (Å²) >= 11 is 9.32. The van der Waals surface area contributed by atoms with Crippen LogP contribution in [0.25, 0.3) is 0 Å². The molecule has 4 heteroatoms. The summed E-state index contributed by atoms with van der Waals surface area (Å²) in [6, 6.07) is 3.67. The fraction of sp³-hybridized carbons (Fsp3) is 0.529. The monoisotopic (exact) mass is 373 g/mol. The lowest BCUT2D eigenvalue weighted by Gasteiger charge is -2.23. The third kappa shape index (κ3) is 4.54. The van der Waals surface area contributed by atoms with E-state index >= 15 is 0 Å². The second-order valence-corrected chi connectivity index (χ2v) is 6.82. The van der Waals surface area contributed by atoms with Gasteiger partial charge in [0.1, 0.15) is 5.82 Å². The van der Waals surface area contributed by atoms with Gasteiger partial charge in [0.25, 0.3) is 0 Å². The first-order chi connectivity index (χ1) is 10.1. The minimum atomic E-state index is -0.309. The molecule has 1 atom stereocenters. The van der Waals surface area contributed by atoms with Crippen molar-refractivity contribution in [3.8, 4) is 0 Å². The van der Waals surface area contributed by atoms with Gasteiger partial charge in [-0.2, -0.15) is 0 Å². The van der Waals surface area contributed by atoms with Crippen LogP contribution in [0.5, 0.6) is 0 Å².